The van der Waals surface area contributed by atoms with Gasteiger partial charge in [-0.3, -0.25) is 0 Å². The zero-order valence-electron chi connectivity index (χ0n) is 7.42. The van der Waals surface area contributed by atoms with E-state index in [-0.39, 0.29) is 12.2 Å². The van der Waals surface area contributed by atoms with Gasteiger partial charge < -0.3 is 9.47 Å². The van der Waals surface area contributed by atoms with Crippen LogP contribution in [0.4, 0.5) is 0 Å². The van der Waals surface area contributed by atoms with E-state index in [1.165, 1.54) is 13.2 Å². The largest absolute Gasteiger partial charge is 0.465 e. The van der Waals surface area contributed by atoms with Crippen LogP contribution in [-0.4, -0.2) is 25.7 Å². The topological polar surface area (TPSA) is 52.6 Å². The summed E-state index contributed by atoms with van der Waals surface area (Å²) in [6.07, 6.45) is 1.36. The first-order valence-electron chi connectivity index (χ1n) is 3.59. The van der Waals surface area contributed by atoms with Crippen molar-refractivity contribution in [2.24, 2.45) is 0 Å². The Morgan fingerprint density at radius 2 is 1.92 bits per heavy atom. The Balaban J connectivity index is 4.37. The second-order valence-electron chi connectivity index (χ2n) is 1.91. The molecular weight excluding hydrogens is 160 g/mol. The van der Waals surface area contributed by atoms with Crippen molar-refractivity contribution in [2.75, 3.05) is 13.7 Å². The van der Waals surface area contributed by atoms with Crippen LogP contribution in [0.2, 0.25) is 0 Å². The molecule has 0 saturated carbocycles. The van der Waals surface area contributed by atoms with Crippen molar-refractivity contribution in [2.45, 2.75) is 13.8 Å². The third kappa shape index (κ3) is 2.74. The van der Waals surface area contributed by atoms with Crippen LogP contribution in [-0.2, 0) is 19.1 Å². The summed E-state index contributed by atoms with van der Waals surface area (Å²) >= 11 is 0. The van der Waals surface area contributed by atoms with Crippen LogP contribution in [0, 0.1) is 0 Å². The molecule has 0 bridgehead atoms. The van der Waals surface area contributed by atoms with E-state index < -0.39 is 11.9 Å². The van der Waals surface area contributed by atoms with Gasteiger partial charge in [0.15, 0.2) is 0 Å². The first-order chi connectivity index (χ1) is 5.67. The number of allylic oxidation sites excluding steroid dienone is 1. The lowest BCUT2D eigenvalue weighted by atomic mass is 10.2. The third-order valence-corrected chi connectivity index (χ3v) is 1.19. The Kier molecular flexibility index (Phi) is 4.76. The van der Waals surface area contributed by atoms with Gasteiger partial charge in [-0.15, -0.1) is 0 Å². The lowest BCUT2D eigenvalue weighted by molar-refractivity contribution is -0.145. The van der Waals surface area contributed by atoms with Crippen LogP contribution in [0.1, 0.15) is 13.8 Å². The second-order valence-corrected chi connectivity index (χ2v) is 1.91. The Bertz CT molecular complexity index is 205. The normalized spacial score (nSPS) is 10.8. The lowest BCUT2D eigenvalue weighted by Crippen LogP contribution is -2.16. The molecule has 0 aromatic heterocycles. The van der Waals surface area contributed by atoms with Gasteiger partial charge in [-0.05, 0) is 13.8 Å². The molecule has 0 aliphatic rings. The van der Waals surface area contributed by atoms with Crippen molar-refractivity contribution in [3.8, 4) is 0 Å². The monoisotopic (exact) mass is 172 g/mol. The van der Waals surface area contributed by atoms with Crippen molar-refractivity contribution in [3.63, 3.8) is 0 Å². The summed E-state index contributed by atoms with van der Waals surface area (Å²) in [6.45, 7) is 3.48. The third-order valence-electron chi connectivity index (χ3n) is 1.19. The first-order valence-corrected chi connectivity index (χ1v) is 3.59. The van der Waals surface area contributed by atoms with E-state index in [4.69, 9.17) is 0 Å². The fourth-order valence-corrected chi connectivity index (χ4v) is 0.638. The quantitative estimate of drug-likeness (QED) is 0.272. The van der Waals surface area contributed by atoms with E-state index in [1.807, 2.05) is 0 Å². The summed E-state index contributed by atoms with van der Waals surface area (Å²) < 4.78 is 8.97. The van der Waals surface area contributed by atoms with Crippen molar-refractivity contribution >= 4 is 11.9 Å². The van der Waals surface area contributed by atoms with Crippen molar-refractivity contribution in [1.82, 2.24) is 0 Å². The summed E-state index contributed by atoms with van der Waals surface area (Å²) in [5, 5.41) is 0. The van der Waals surface area contributed by atoms with Gasteiger partial charge in [-0.25, -0.2) is 9.59 Å². The van der Waals surface area contributed by atoms with Crippen LogP contribution in [0.3, 0.4) is 0 Å². The maximum atomic E-state index is 11.0. The fourth-order valence-electron chi connectivity index (χ4n) is 0.638. The minimum Gasteiger partial charge on any atom is -0.465 e. The number of hydrogen-bond acceptors (Lipinski definition) is 4. The minimum absolute atomic E-state index is 0.0700. The summed E-state index contributed by atoms with van der Waals surface area (Å²) in [6, 6.07) is 0. The van der Waals surface area contributed by atoms with Gasteiger partial charge >= 0.3 is 11.9 Å². The molecule has 0 amide bonds. The molecule has 0 aromatic rings. The highest BCUT2D eigenvalue weighted by atomic mass is 16.5. The van der Waals surface area contributed by atoms with Gasteiger partial charge in [0.2, 0.25) is 0 Å². The van der Waals surface area contributed by atoms with Gasteiger partial charge in [-0.2, -0.15) is 0 Å². The number of methoxy groups -OCH3 is 1. The average Bonchev–Trinajstić information content (AvgIpc) is 2.06. The maximum absolute atomic E-state index is 11.0. The first kappa shape index (κ1) is 10.7. The van der Waals surface area contributed by atoms with E-state index in [9.17, 15) is 9.59 Å². The highest BCUT2D eigenvalue weighted by Crippen LogP contribution is 2.00. The van der Waals surface area contributed by atoms with E-state index in [2.05, 4.69) is 9.47 Å². The molecule has 12 heavy (non-hydrogen) atoms. The molecule has 0 unspecified atom stereocenters. The van der Waals surface area contributed by atoms with Crippen molar-refractivity contribution in [1.29, 1.82) is 0 Å². The van der Waals surface area contributed by atoms with Crippen LogP contribution < -0.4 is 0 Å². The highest BCUT2D eigenvalue weighted by molar-refractivity contribution is 6.13. The molecule has 0 aliphatic carbocycles. The average molecular weight is 172 g/mol. The predicted octanol–water partition coefficient (Wildman–Crippen LogP) is 0.669. The zero-order chi connectivity index (χ0) is 9.56. The number of carbonyl (C=O) groups is 2. The fraction of sp³-hybridized carbons (Fsp3) is 0.500. The second kappa shape index (κ2) is 5.35. The lowest BCUT2D eigenvalue weighted by Gasteiger charge is -2.03. The van der Waals surface area contributed by atoms with Gasteiger partial charge in [0, 0.05) is 0 Å². The number of carbonyl (C=O) groups excluding carboxylic acids is 2. The Morgan fingerprint density at radius 1 is 1.33 bits per heavy atom. The molecular formula is C8H12O4. The van der Waals surface area contributed by atoms with Crippen molar-refractivity contribution < 1.29 is 19.1 Å². The standard InChI is InChI=1S/C8H12O4/c1-4-6(7(9)11-3)8(10)12-5-2/h4H,5H2,1-3H3/b6-4-. The molecule has 0 atom stereocenters. The number of rotatable bonds is 3. The number of hydrogen-bond donors (Lipinski definition) is 0. The van der Waals surface area contributed by atoms with Gasteiger partial charge in [0.1, 0.15) is 5.57 Å². The Morgan fingerprint density at radius 3 is 2.25 bits per heavy atom. The highest BCUT2D eigenvalue weighted by Gasteiger charge is 2.18. The van der Waals surface area contributed by atoms with Crippen molar-refractivity contribution in [3.05, 3.63) is 11.6 Å². The molecule has 0 saturated heterocycles. The van der Waals surface area contributed by atoms with E-state index >= 15 is 0 Å². The molecule has 68 valence electrons. The minimum atomic E-state index is -0.670. The van der Waals surface area contributed by atoms with Crippen LogP contribution in [0.25, 0.3) is 0 Å². The summed E-state index contributed by atoms with van der Waals surface area (Å²) in [5.74, 6) is -1.32. The molecule has 0 radical (unpaired) electrons. The molecule has 0 fully saturated rings. The van der Waals surface area contributed by atoms with Gasteiger partial charge in [0.05, 0.1) is 13.7 Å². The van der Waals surface area contributed by atoms with Crippen LogP contribution in [0.15, 0.2) is 11.6 Å². The summed E-state index contributed by atoms with van der Waals surface area (Å²) in [7, 11) is 1.21. The molecule has 0 aliphatic heterocycles. The number of ether oxygens (including phenoxy) is 2. The number of esters is 2. The predicted molar refractivity (Wildman–Crippen MR) is 42.4 cm³/mol. The SMILES string of the molecule is C/C=C(/C(=O)OC)C(=O)OCC. The zero-order valence-corrected chi connectivity index (χ0v) is 7.42. The molecule has 4 nitrogen and oxygen atoms in total. The van der Waals surface area contributed by atoms with E-state index in [1.54, 1.807) is 13.8 Å². The van der Waals surface area contributed by atoms with Crippen LogP contribution in [0.5, 0.6) is 0 Å². The summed E-state index contributed by atoms with van der Waals surface area (Å²) in [5.41, 5.74) is -0.0700. The van der Waals surface area contributed by atoms with E-state index in [0.29, 0.717) is 0 Å². The Hall–Kier alpha value is -1.32. The molecule has 0 heterocycles. The van der Waals surface area contributed by atoms with Gasteiger partial charge in [0.25, 0.3) is 0 Å². The van der Waals surface area contributed by atoms with Crippen LogP contribution >= 0.6 is 0 Å². The van der Waals surface area contributed by atoms with Gasteiger partial charge in [-0.1, -0.05) is 6.08 Å². The molecule has 4 heteroatoms. The van der Waals surface area contributed by atoms with E-state index in [0.717, 1.165) is 0 Å². The Labute approximate surface area is 71.2 Å². The maximum Gasteiger partial charge on any atom is 0.345 e. The summed E-state index contributed by atoms with van der Waals surface area (Å²) in [4.78, 5) is 21.9. The smallest absolute Gasteiger partial charge is 0.345 e. The molecule has 0 rings (SSSR count). The molecule has 0 spiro atoms. The molecule has 0 N–H and O–H groups in total. The molecule has 0 aromatic carbocycles.